The van der Waals surface area contributed by atoms with Gasteiger partial charge in [0.25, 0.3) is 11.8 Å². The van der Waals surface area contributed by atoms with Crippen molar-refractivity contribution in [3.63, 3.8) is 0 Å². The van der Waals surface area contributed by atoms with E-state index in [1.807, 2.05) is 55.5 Å². The highest BCUT2D eigenvalue weighted by atomic mass is 16.5. The van der Waals surface area contributed by atoms with Crippen LogP contribution in [-0.4, -0.2) is 25.0 Å². The van der Waals surface area contributed by atoms with Crippen LogP contribution in [0.1, 0.15) is 23.6 Å². The molecule has 0 saturated carbocycles. The summed E-state index contributed by atoms with van der Waals surface area (Å²) in [5, 5.41) is 1.25. The van der Waals surface area contributed by atoms with E-state index in [0.29, 0.717) is 30.2 Å². The second-order valence-corrected chi connectivity index (χ2v) is 7.72. The molecular weight excluding hydrogens is 416 g/mol. The van der Waals surface area contributed by atoms with Gasteiger partial charge >= 0.3 is 0 Å². The quantitative estimate of drug-likeness (QED) is 0.317. The van der Waals surface area contributed by atoms with Crippen LogP contribution < -0.4 is 19.9 Å². The summed E-state index contributed by atoms with van der Waals surface area (Å²) in [7, 11) is 0. The highest BCUT2D eigenvalue weighted by Gasteiger charge is 2.34. The van der Waals surface area contributed by atoms with Crippen molar-refractivity contribution in [2.75, 3.05) is 18.2 Å². The zero-order chi connectivity index (χ0) is 23.2. The number of nitrogens with zero attached hydrogens (tertiary/aromatic N) is 1. The first kappa shape index (κ1) is 22.1. The van der Waals surface area contributed by atoms with Crippen LogP contribution in [0.4, 0.5) is 5.69 Å². The third kappa shape index (κ3) is 5.23. The van der Waals surface area contributed by atoms with E-state index in [2.05, 4.69) is 18.4 Å². The third-order valence-corrected chi connectivity index (χ3v) is 5.25. The fourth-order valence-corrected chi connectivity index (χ4v) is 3.63. The van der Waals surface area contributed by atoms with Crippen molar-refractivity contribution in [2.24, 2.45) is 0 Å². The average Bonchev–Trinajstić information content (AvgIpc) is 3.11. The molecular formula is C27H26N2O4. The van der Waals surface area contributed by atoms with Gasteiger partial charge in [-0.15, -0.1) is 0 Å². The van der Waals surface area contributed by atoms with Gasteiger partial charge in [-0.2, -0.15) is 0 Å². The molecule has 2 amide bonds. The Morgan fingerprint density at radius 3 is 2.42 bits per heavy atom. The number of nitrogens with one attached hydrogen (secondary N) is 1. The highest BCUT2D eigenvalue weighted by molar-refractivity contribution is 6.31. The van der Waals surface area contributed by atoms with Gasteiger partial charge in [0, 0.05) is 5.56 Å². The van der Waals surface area contributed by atoms with Crippen molar-refractivity contribution in [1.29, 1.82) is 0 Å². The van der Waals surface area contributed by atoms with E-state index in [0.717, 1.165) is 17.7 Å². The molecule has 3 aromatic rings. The monoisotopic (exact) mass is 442 g/mol. The predicted molar refractivity (Wildman–Crippen MR) is 128 cm³/mol. The van der Waals surface area contributed by atoms with Crippen LogP contribution in [-0.2, 0) is 16.0 Å². The molecule has 0 aromatic heterocycles. The maximum atomic E-state index is 12.8. The molecule has 1 saturated heterocycles. The number of hydrogen-bond donors (Lipinski definition) is 1. The van der Waals surface area contributed by atoms with E-state index in [1.54, 1.807) is 24.3 Å². The van der Waals surface area contributed by atoms with Gasteiger partial charge in [0.2, 0.25) is 0 Å². The topological polar surface area (TPSA) is 67.9 Å². The van der Waals surface area contributed by atoms with Crippen molar-refractivity contribution in [2.45, 2.75) is 20.3 Å². The lowest BCUT2D eigenvalue weighted by Crippen LogP contribution is -2.35. The SMILES string of the molecule is CCc1cc(C)cc(OCCOc2ccccc2C=C2C(=O)NN(c3ccccc3)C2=O)c1. The van der Waals surface area contributed by atoms with Crippen molar-refractivity contribution < 1.29 is 19.1 Å². The molecule has 1 aliphatic heterocycles. The Kier molecular flexibility index (Phi) is 6.74. The van der Waals surface area contributed by atoms with Crippen LogP contribution in [0, 0.1) is 6.92 Å². The van der Waals surface area contributed by atoms with E-state index in [1.165, 1.54) is 10.6 Å². The fourth-order valence-electron chi connectivity index (χ4n) is 3.63. The number of carbonyl (C=O) groups is 2. The molecule has 0 atom stereocenters. The van der Waals surface area contributed by atoms with Crippen LogP contribution in [0.15, 0.2) is 78.4 Å². The summed E-state index contributed by atoms with van der Waals surface area (Å²) in [4.78, 5) is 25.3. The van der Waals surface area contributed by atoms with Crippen molar-refractivity contribution in [3.05, 3.63) is 95.1 Å². The van der Waals surface area contributed by atoms with E-state index >= 15 is 0 Å². The van der Waals surface area contributed by atoms with Gasteiger partial charge in [0.15, 0.2) is 0 Å². The molecule has 33 heavy (non-hydrogen) atoms. The van der Waals surface area contributed by atoms with Crippen LogP contribution in [0.2, 0.25) is 0 Å². The van der Waals surface area contributed by atoms with Gasteiger partial charge in [-0.05, 0) is 60.9 Å². The van der Waals surface area contributed by atoms with E-state index < -0.39 is 11.8 Å². The molecule has 168 valence electrons. The van der Waals surface area contributed by atoms with Gasteiger partial charge in [-0.25, -0.2) is 5.01 Å². The molecule has 1 N–H and O–H groups in total. The number of hydrazine groups is 1. The largest absolute Gasteiger partial charge is 0.490 e. The minimum atomic E-state index is -0.451. The van der Waals surface area contributed by atoms with Gasteiger partial charge in [-0.3, -0.25) is 15.0 Å². The van der Waals surface area contributed by atoms with Crippen LogP contribution in [0.3, 0.4) is 0 Å². The van der Waals surface area contributed by atoms with Crippen molar-refractivity contribution in [3.8, 4) is 11.5 Å². The average molecular weight is 443 g/mol. The molecule has 6 nitrogen and oxygen atoms in total. The highest BCUT2D eigenvalue weighted by Crippen LogP contribution is 2.25. The van der Waals surface area contributed by atoms with Gasteiger partial charge in [0.05, 0.1) is 5.69 Å². The lowest BCUT2D eigenvalue weighted by atomic mass is 10.1. The molecule has 0 spiro atoms. The summed E-state index contributed by atoms with van der Waals surface area (Å²) in [5.41, 5.74) is 6.30. The van der Waals surface area contributed by atoms with Crippen LogP contribution in [0.5, 0.6) is 11.5 Å². The van der Waals surface area contributed by atoms with E-state index in [9.17, 15) is 9.59 Å². The zero-order valence-electron chi connectivity index (χ0n) is 18.7. The second kappa shape index (κ2) is 10.0. The summed E-state index contributed by atoms with van der Waals surface area (Å²) in [6, 6.07) is 22.5. The standard InChI is InChI=1S/C27H26N2O4/c1-3-20-15-19(2)16-23(17-20)32-13-14-33-25-12-8-7-9-21(25)18-24-26(30)28-29(27(24)31)22-10-5-4-6-11-22/h4-12,15-18H,3,13-14H2,1-2H3,(H,28,30). The summed E-state index contributed by atoms with van der Waals surface area (Å²) >= 11 is 0. The van der Waals surface area contributed by atoms with Gasteiger partial charge in [0.1, 0.15) is 30.3 Å². The Labute approximate surface area is 193 Å². The molecule has 0 aliphatic carbocycles. The molecule has 1 heterocycles. The first-order chi connectivity index (χ1) is 16.0. The second-order valence-electron chi connectivity index (χ2n) is 7.72. The number of anilines is 1. The lowest BCUT2D eigenvalue weighted by molar-refractivity contribution is -0.117. The Balaban J connectivity index is 1.43. The first-order valence-corrected chi connectivity index (χ1v) is 10.9. The molecule has 3 aromatic carbocycles. The van der Waals surface area contributed by atoms with Crippen molar-refractivity contribution >= 4 is 23.6 Å². The van der Waals surface area contributed by atoms with Gasteiger partial charge in [-0.1, -0.05) is 49.4 Å². The summed E-state index contributed by atoms with van der Waals surface area (Å²) in [6.45, 7) is 4.86. The maximum Gasteiger partial charge on any atom is 0.282 e. The van der Waals surface area contributed by atoms with Crippen LogP contribution >= 0.6 is 0 Å². The number of hydrogen-bond acceptors (Lipinski definition) is 4. The Hall–Kier alpha value is -4.06. The number of para-hydroxylation sites is 2. The summed E-state index contributed by atoms with van der Waals surface area (Å²) in [6.07, 6.45) is 2.51. The number of amides is 2. The third-order valence-electron chi connectivity index (χ3n) is 5.25. The first-order valence-electron chi connectivity index (χ1n) is 10.9. The van der Waals surface area contributed by atoms with Gasteiger partial charge < -0.3 is 9.47 Å². The maximum absolute atomic E-state index is 12.8. The molecule has 0 bridgehead atoms. The molecule has 6 heteroatoms. The fraction of sp³-hybridized carbons (Fsp3) is 0.185. The van der Waals surface area contributed by atoms with E-state index in [4.69, 9.17) is 9.47 Å². The number of carbonyl (C=O) groups excluding carboxylic acids is 2. The Morgan fingerprint density at radius 2 is 1.64 bits per heavy atom. The molecule has 1 aliphatic rings. The molecule has 4 rings (SSSR count). The number of benzene rings is 3. The van der Waals surface area contributed by atoms with E-state index in [-0.39, 0.29) is 5.57 Å². The Bertz CT molecular complexity index is 1190. The summed E-state index contributed by atoms with van der Waals surface area (Å²) in [5.74, 6) is 0.537. The molecule has 0 unspecified atom stereocenters. The predicted octanol–water partition coefficient (Wildman–Crippen LogP) is 4.48. The Morgan fingerprint density at radius 1 is 0.909 bits per heavy atom. The van der Waals surface area contributed by atoms with Crippen molar-refractivity contribution in [1.82, 2.24) is 5.43 Å². The zero-order valence-corrected chi connectivity index (χ0v) is 18.7. The normalized spacial score (nSPS) is 14.5. The summed E-state index contributed by atoms with van der Waals surface area (Å²) < 4.78 is 11.8. The number of aryl methyl sites for hydroxylation is 2. The smallest absolute Gasteiger partial charge is 0.282 e. The minimum absolute atomic E-state index is 0.0537. The lowest BCUT2D eigenvalue weighted by Gasteiger charge is -2.14. The molecule has 1 fully saturated rings. The molecule has 0 radical (unpaired) electrons. The minimum Gasteiger partial charge on any atom is -0.490 e. The number of ether oxygens (including phenoxy) is 2. The van der Waals surface area contributed by atoms with Crippen LogP contribution in [0.25, 0.3) is 6.08 Å². The number of rotatable bonds is 8.